The number of hydrogen-bond acceptors (Lipinski definition) is 5. The van der Waals surface area contributed by atoms with Crippen LogP contribution >= 0.6 is 0 Å². The van der Waals surface area contributed by atoms with E-state index in [1.165, 1.54) is 18.2 Å². The molecule has 1 aromatic heterocycles. The van der Waals surface area contributed by atoms with Crippen molar-refractivity contribution in [3.8, 4) is 0 Å². The highest BCUT2D eigenvalue weighted by Gasteiger charge is 2.16. The minimum atomic E-state index is -3.68. The Morgan fingerprint density at radius 3 is 2.67 bits per heavy atom. The number of nitrogens with zero attached hydrogens (tertiary/aromatic N) is 1. The predicted octanol–water partition coefficient (Wildman–Crippen LogP) is -0.0156. The summed E-state index contributed by atoms with van der Waals surface area (Å²) in [6.07, 6.45) is 0.923. The van der Waals surface area contributed by atoms with E-state index in [0.29, 0.717) is 9.66 Å². The van der Waals surface area contributed by atoms with E-state index in [-0.39, 0.29) is 11.1 Å². The molecule has 0 saturated heterocycles. The van der Waals surface area contributed by atoms with Crippen molar-refractivity contribution in [2.45, 2.75) is 0 Å². The molecule has 0 unspecified atom stereocenters. The van der Waals surface area contributed by atoms with E-state index in [2.05, 4.69) is 0 Å². The number of fused-ring (bicyclic) bond motifs is 1. The highest BCUT2D eigenvalue weighted by atomic mass is 32.2. The van der Waals surface area contributed by atoms with Crippen LogP contribution in [0.2, 0.25) is 0 Å². The zero-order valence-corrected chi connectivity index (χ0v) is 8.61. The molecule has 2 aromatic rings. The number of hydrogen-bond donors (Lipinski definition) is 1. The average Bonchev–Trinajstić information content (AvgIpc) is 2.38. The van der Waals surface area contributed by atoms with E-state index in [0.717, 1.165) is 6.26 Å². The summed E-state index contributed by atoms with van der Waals surface area (Å²) >= 11 is 0. The van der Waals surface area contributed by atoms with Crippen molar-refractivity contribution in [3.63, 3.8) is 0 Å². The van der Waals surface area contributed by atoms with E-state index < -0.39 is 15.8 Å². The number of nitrogens with two attached hydrogens (primary N) is 1. The van der Waals surface area contributed by atoms with Crippen LogP contribution < -0.4 is 11.5 Å². The van der Waals surface area contributed by atoms with Crippen LogP contribution in [0.3, 0.4) is 0 Å². The maximum atomic E-state index is 11.3. The Hall–Kier alpha value is -1.76. The van der Waals surface area contributed by atoms with Crippen LogP contribution in [0.5, 0.6) is 0 Å². The first-order valence-electron chi connectivity index (χ1n) is 4.01. The molecule has 2 N–H and O–H groups in total. The van der Waals surface area contributed by atoms with E-state index in [1.807, 2.05) is 0 Å². The van der Waals surface area contributed by atoms with E-state index >= 15 is 0 Å². The Bertz CT molecular complexity index is 680. The molecule has 0 aliphatic carbocycles. The van der Waals surface area contributed by atoms with Crippen LogP contribution in [0.15, 0.2) is 27.4 Å². The Labute approximate surface area is 85.0 Å². The minimum Gasteiger partial charge on any atom is -0.407 e. The Morgan fingerprint density at radius 1 is 1.40 bits per heavy atom. The average molecular weight is 228 g/mol. The third-order valence-electron chi connectivity index (χ3n) is 1.90. The molecule has 0 radical (unpaired) electrons. The van der Waals surface area contributed by atoms with E-state index in [9.17, 15) is 13.2 Å². The van der Waals surface area contributed by atoms with Gasteiger partial charge >= 0.3 is 5.76 Å². The summed E-state index contributed by atoms with van der Waals surface area (Å²) in [5.41, 5.74) is 6.20. The molecule has 0 aliphatic heterocycles. The molecular weight excluding hydrogens is 220 g/mol. The summed E-state index contributed by atoms with van der Waals surface area (Å²) < 4.78 is 27.9. The van der Waals surface area contributed by atoms with Gasteiger partial charge < -0.3 is 10.2 Å². The summed E-state index contributed by atoms with van der Waals surface area (Å²) in [5.74, 6) is -0.932. The summed E-state index contributed by atoms with van der Waals surface area (Å²) in [6.45, 7) is 0. The number of oxazole rings is 1. The van der Waals surface area contributed by atoms with Crippen molar-refractivity contribution < 1.29 is 12.8 Å². The number of rotatable bonds is 1. The van der Waals surface area contributed by atoms with Gasteiger partial charge in [0.25, 0.3) is 0 Å². The van der Waals surface area contributed by atoms with Crippen molar-refractivity contribution in [1.29, 1.82) is 0 Å². The van der Waals surface area contributed by atoms with E-state index in [4.69, 9.17) is 10.2 Å². The fourth-order valence-electron chi connectivity index (χ4n) is 1.33. The van der Waals surface area contributed by atoms with Gasteiger partial charge in [0.1, 0.15) is 5.52 Å². The van der Waals surface area contributed by atoms with Gasteiger partial charge in [0.15, 0.2) is 5.58 Å². The first kappa shape index (κ1) is 9.78. The lowest BCUT2D eigenvalue weighted by Crippen LogP contribution is -2.21. The SMILES string of the molecule is CS(=O)(=O)n1c(=O)oc2ccc(N)cc21. The van der Waals surface area contributed by atoms with Gasteiger partial charge in [0.2, 0.25) is 10.0 Å². The molecular formula is C8H8N2O4S. The molecule has 0 amide bonds. The normalized spacial score (nSPS) is 12.1. The van der Waals surface area contributed by atoms with Crippen LogP contribution in [0.4, 0.5) is 5.69 Å². The molecule has 0 fully saturated rings. The molecule has 1 aromatic carbocycles. The van der Waals surface area contributed by atoms with Crippen LogP contribution in [0.1, 0.15) is 0 Å². The quantitative estimate of drug-likeness (QED) is 0.692. The van der Waals surface area contributed by atoms with Gasteiger partial charge in [-0.3, -0.25) is 0 Å². The van der Waals surface area contributed by atoms with Gasteiger partial charge in [0.05, 0.1) is 6.26 Å². The van der Waals surface area contributed by atoms with Gasteiger partial charge in [-0.05, 0) is 18.2 Å². The number of nitrogen functional groups attached to an aromatic ring is 1. The lowest BCUT2D eigenvalue weighted by atomic mass is 10.3. The lowest BCUT2D eigenvalue weighted by molar-refractivity contribution is 0.536. The first-order chi connectivity index (χ1) is 6.89. The summed E-state index contributed by atoms with van der Waals surface area (Å²) in [4.78, 5) is 11.3. The molecule has 0 aliphatic rings. The standard InChI is InChI=1S/C8H8N2O4S/c1-15(12,13)10-6-4-5(9)2-3-7(6)14-8(10)11/h2-4H,9H2,1H3. The predicted molar refractivity (Wildman–Crippen MR) is 55.1 cm³/mol. The number of benzene rings is 1. The Kier molecular flexibility index (Phi) is 1.87. The molecule has 0 saturated carbocycles. The molecule has 15 heavy (non-hydrogen) atoms. The number of anilines is 1. The van der Waals surface area contributed by atoms with Crippen molar-refractivity contribution in [3.05, 3.63) is 28.7 Å². The Balaban J connectivity index is 3.02. The van der Waals surface area contributed by atoms with Gasteiger partial charge in [-0.25, -0.2) is 13.2 Å². The van der Waals surface area contributed by atoms with Gasteiger partial charge in [-0.1, -0.05) is 0 Å². The fourth-order valence-corrected chi connectivity index (χ4v) is 2.14. The lowest BCUT2D eigenvalue weighted by Gasteiger charge is -1.97. The van der Waals surface area contributed by atoms with Crippen LogP contribution in [-0.2, 0) is 10.0 Å². The molecule has 80 valence electrons. The highest BCUT2D eigenvalue weighted by Crippen LogP contribution is 2.17. The third-order valence-corrected chi connectivity index (χ3v) is 2.91. The second-order valence-electron chi connectivity index (χ2n) is 3.12. The topological polar surface area (TPSA) is 95.3 Å². The van der Waals surface area contributed by atoms with Crippen molar-refractivity contribution >= 4 is 26.8 Å². The molecule has 2 rings (SSSR count). The van der Waals surface area contributed by atoms with Crippen LogP contribution in [-0.4, -0.2) is 18.6 Å². The molecule has 0 spiro atoms. The first-order valence-corrected chi connectivity index (χ1v) is 5.86. The summed E-state index contributed by atoms with van der Waals surface area (Å²) in [7, 11) is -3.68. The van der Waals surface area contributed by atoms with Gasteiger partial charge in [0, 0.05) is 5.69 Å². The fraction of sp³-hybridized carbons (Fsp3) is 0.125. The van der Waals surface area contributed by atoms with Crippen LogP contribution in [0.25, 0.3) is 11.1 Å². The molecule has 0 atom stereocenters. The van der Waals surface area contributed by atoms with Gasteiger partial charge in [-0.15, -0.1) is 0 Å². The smallest absolute Gasteiger partial charge is 0.407 e. The van der Waals surface area contributed by atoms with Crippen molar-refractivity contribution in [1.82, 2.24) is 3.97 Å². The zero-order valence-electron chi connectivity index (χ0n) is 7.80. The number of aromatic nitrogens is 1. The highest BCUT2D eigenvalue weighted by molar-refractivity contribution is 7.89. The second-order valence-corrected chi connectivity index (χ2v) is 4.95. The summed E-state index contributed by atoms with van der Waals surface area (Å²) in [6, 6.07) is 4.35. The maximum Gasteiger partial charge on any atom is 0.434 e. The largest absolute Gasteiger partial charge is 0.434 e. The zero-order chi connectivity index (χ0) is 11.2. The van der Waals surface area contributed by atoms with Gasteiger partial charge in [-0.2, -0.15) is 3.97 Å². The second kappa shape index (κ2) is 2.86. The molecule has 0 bridgehead atoms. The molecule has 6 nitrogen and oxygen atoms in total. The van der Waals surface area contributed by atoms with Crippen molar-refractivity contribution in [2.75, 3.05) is 12.0 Å². The monoisotopic (exact) mass is 228 g/mol. The van der Waals surface area contributed by atoms with Crippen molar-refractivity contribution in [2.24, 2.45) is 0 Å². The molecule has 7 heteroatoms. The molecule has 1 heterocycles. The third kappa shape index (κ3) is 1.50. The summed E-state index contributed by atoms with van der Waals surface area (Å²) in [5, 5.41) is 0. The van der Waals surface area contributed by atoms with Crippen LogP contribution in [0, 0.1) is 0 Å². The minimum absolute atomic E-state index is 0.155. The maximum absolute atomic E-state index is 11.3. The Morgan fingerprint density at radius 2 is 2.07 bits per heavy atom. The van der Waals surface area contributed by atoms with E-state index in [1.54, 1.807) is 0 Å².